The zero-order chi connectivity index (χ0) is 42.4. The summed E-state index contributed by atoms with van der Waals surface area (Å²) in [7, 11) is 0. The van der Waals surface area contributed by atoms with Crippen molar-refractivity contribution in [2.45, 2.75) is 64.0 Å². The van der Waals surface area contributed by atoms with Gasteiger partial charge in [-0.1, -0.05) is 24.3 Å². The van der Waals surface area contributed by atoms with Crippen molar-refractivity contribution in [3.8, 4) is 17.0 Å². The van der Waals surface area contributed by atoms with Gasteiger partial charge in [0.05, 0.1) is 35.4 Å². The minimum Gasteiger partial charge on any atom is -0.507 e. The van der Waals surface area contributed by atoms with E-state index in [0.29, 0.717) is 79.0 Å². The standard InChI is InChI=1S/C45H51FN10O5/c1-27-22-56(43-34(27)19-32(21-48-43)55-18-14-41(58)49-45(55)60)37-13-15-52(25-35(37)46)24-29-11-16-53(17-12-29)44(59)31-9-7-30(8-10-31)40-26-54(23-28(2)61-40)38-20-36(50-51-42(38)47)33-5-3-4-6-39(33)57/h3-10,19-22,28-29,35,37,40,57H,11-18,23-26H2,1-2H3,(H2,47,51)(H,49,58,60)/t28-,35-,37+,40?/m0/s1. The van der Waals surface area contributed by atoms with Crippen LogP contribution in [0.1, 0.15) is 66.2 Å². The molecule has 0 spiro atoms. The van der Waals surface area contributed by atoms with Gasteiger partial charge in [-0.15, -0.1) is 10.2 Å². The molecular weight excluding hydrogens is 780 g/mol. The quantitative estimate of drug-likeness (QED) is 0.177. The normalized spacial score (nSPS) is 23.1. The summed E-state index contributed by atoms with van der Waals surface area (Å²) in [5.74, 6) is 0.505. The number of imide groups is 1. The largest absolute Gasteiger partial charge is 0.507 e. The predicted octanol–water partition coefficient (Wildman–Crippen LogP) is 5.64. The third-order valence-electron chi connectivity index (χ3n) is 12.7. The number of ether oxygens (including phenoxy) is 1. The van der Waals surface area contributed by atoms with E-state index < -0.39 is 12.2 Å². The Bertz CT molecular complexity index is 2450. The number of phenolic OH excluding ortho intramolecular Hbond substituents is 1. The average molecular weight is 831 g/mol. The summed E-state index contributed by atoms with van der Waals surface area (Å²) in [6.07, 6.45) is 4.74. The van der Waals surface area contributed by atoms with Gasteiger partial charge in [0, 0.05) is 81.5 Å². The van der Waals surface area contributed by atoms with Gasteiger partial charge < -0.3 is 34.8 Å². The molecule has 16 heteroatoms. The van der Waals surface area contributed by atoms with Crippen LogP contribution in [0.4, 0.5) is 26.4 Å². The third kappa shape index (κ3) is 8.21. The number of halogens is 1. The van der Waals surface area contributed by atoms with E-state index >= 15 is 4.39 Å². The number of rotatable bonds is 8. The number of aryl methyl sites for hydroxylation is 1. The second-order valence-corrected chi connectivity index (χ2v) is 16.9. The molecule has 4 N–H and O–H groups in total. The first-order chi connectivity index (χ1) is 29.5. The number of likely N-dealkylation sites (tertiary alicyclic amines) is 2. The number of fused-ring (bicyclic) bond motifs is 1. The lowest BCUT2D eigenvalue weighted by Crippen LogP contribution is -2.49. The number of para-hydroxylation sites is 1. The van der Waals surface area contributed by atoms with Crippen LogP contribution in [0.2, 0.25) is 0 Å². The highest BCUT2D eigenvalue weighted by Crippen LogP contribution is 2.36. The van der Waals surface area contributed by atoms with Crippen LogP contribution in [-0.4, -0.2) is 117 Å². The van der Waals surface area contributed by atoms with Crippen LogP contribution in [-0.2, 0) is 9.53 Å². The summed E-state index contributed by atoms with van der Waals surface area (Å²) >= 11 is 0. The summed E-state index contributed by atoms with van der Waals surface area (Å²) in [5.41, 5.74) is 12.0. The fourth-order valence-electron chi connectivity index (χ4n) is 9.43. The fourth-order valence-corrected chi connectivity index (χ4v) is 9.43. The van der Waals surface area contributed by atoms with E-state index in [1.165, 1.54) is 4.90 Å². The Kier molecular flexibility index (Phi) is 11.0. The number of amides is 4. The molecule has 61 heavy (non-hydrogen) atoms. The summed E-state index contributed by atoms with van der Waals surface area (Å²) in [6.45, 7) is 8.60. The first-order valence-electron chi connectivity index (χ1n) is 21.1. The average Bonchev–Trinajstić information content (AvgIpc) is 3.58. The molecule has 3 aromatic heterocycles. The maximum atomic E-state index is 16.0. The molecule has 4 aliphatic heterocycles. The Morgan fingerprint density at radius 3 is 2.52 bits per heavy atom. The van der Waals surface area contributed by atoms with E-state index in [0.717, 1.165) is 48.1 Å². The van der Waals surface area contributed by atoms with Crippen LogP contribution < -0.4 is 20.9 Å². The lowest BCUT2D eigenvalue weighted by molar-refractivity contribution is -0.120. The number of hydrogen-bond acceptors (Lipinski definition) is 11. The van der Waals surface area contributed by atoms with Crippen LogP contribution in [0.5, 0.6) is 5.75 Å². The highest BCUT2D eigenvalue weighted by atomic mass is 19.1. The zero-order valence-electron chi connectivity index (χ0n) is 34.4. The molecule has 5 aromatic rings. The number of nitrogen functional groups attached to an aromatic ring is 1. The lowest BCUT2D eigenvalue weighted by atomic mass is 9.93. The Labute approximate surface area is 353 Å². The number of urea groups is 1. The first-order valence-corrected chi connectivity index (χ1v) is 21.1. The molecule has 0 aliphatic carbocycles. The number of hydrogen-bond donors (Lipinski definition) is 3. The number of piperidine rings is 2. The van der Waals surface area contributed by atoms with E-state index in [4.69, 9.17) is 10.5 Å². The molecule has 9 rings (SSSR count). The van der Waals surface area contributed by atoms with E-state index in [9.17, 15) is 19.5 Å². The molecule has 4 amide bonds. The van der Waals surface area contributed by atoms with E-state index in [1.807, 2.05) is 72.0 Å². The number of aromatic hydroxyl groups is 1. The van der Waals surface area contributed by atoms with Gasteiger partial charge in [-0.25, -0.2) is 14.2 Å². The van der Waals surface area contributed by atoms with E-state index in [-0.39, 0.29) is 48.8 Å². The maximum Gasteiger partial charge on any atom is 0.328 e. The molecule has 0 bridgehead atoms. The number of aromatic nitrogens is 4. The van der Waals surface area contributed by atoms with Gasteiger partial charge in [-0.3, -0.25) is 19.8 Å². The van der Waals surface area contributed by atoms with Gasteiger partial charge in [0.15, 0.2) is 5.82 Å². The smallest absolute Gasteiger partial charge is 0.328 e. The molecule has 318 valence electrons. The zero-order valence-corrected chi connectivity index (χ0v) is 34.4. The van der Waals surface area contributed by atoms with Crippen LogP contribution >= 0.6 is 0 Å². The molecule has 7 heterocycles. The minimum atomic E-state index is -1.08. The number of anilines is 3. The van der Waals surface area contributed by atoms with Gasteiger partial charge in [0.1, 0.15) is 23.7 Å². The number of benzene rings is 2. The van der Waals surface area contributed by atoms with Crippen molar-refractivity contribution in [1.82, 2.24) is 34.9 Å². The Morgan fingerprint density at radius 2 is 1.77 bits per heavy atom. The van der Waals surface area contributed by atoms with Crippen molar-refractivity contribution in [2.24, 2.45) is 5.92 Å². The molecule has 4 aliphatic rings. The Balaban J connectivity index is 0.773. The van der Waals surface area contributed by atoms with Crippen molar-refractivity contribution in [3.63, 3.8) is 0 Å². The van der Waals surface area contributed by atoms with Gasteiger partial charge in [-0.2, -0.15) is 0 Å². The van der Waals surface area contributed by atoms with Crippen molar-refractivity contribution >= 4 is 46.1 Å². The number of nitrogens with two attached hydrogens (primary N) is 1. The van der Waals surface area contributed by atoms with Crippen LogP contribution in [0.3, 0.4) is 0 Å². The van der Waals surface area contributed by atoms with Crippen LogP contribution in [0.25, 0.3) is 22.3 Å². The topological polar surface area (TPSA) is 175 Å². The molecule has 15 nitrogen and oxygen atoms in total. The number of carbonyl (C=O) groups excluding carboxylic acids is 3. The van der Waals surface area contributed by atoms with Crippen LogP contribution in [0, 0.1) is 12.8 Å². The lowest BCUT2D eigenvalue weighted by Gasteiger charge is -2.39. The number of phenols is 1. The summed E-state index contributed by atoms with van der Waals surface area (Å²) < 4.78 is 24.3. The molecule has 1 unspecified atom stereocenters. The number of nitrogens with one attached hydrogen (secondary N) is 1. The first kappa shape index (κ1) is 40.3. The van der Waals surface area contributed by atoms with Gasteiger partial charge in [0.2, 0.25) is 5.91 Å². The molecule has 4 fully saturated rings. The number of morpholine rings is 1. The summed E-state index contributed by atoms with van der Waals surface area (Å²) in [6, 6.07) is 17.6. The second kappa shape index (κ2) is 16.7. The molecule has 0 radical (unpaired) electrons. The Morgan fingerprint density at radius 1 is 0.984 bits per heavy atom. The highest BCUT2D eigenvalue weighted by Gasteiger charge is 2.35. The van der Waals surface area contributed by atoms with Crippen LogP contribution in [0.15, 0.2) is 73.1 Å². The number of carbonyl (C=O) groups is 3. The summed E-state index contributed by atoms with van der Waals surface area (Å²) in [5, 5.41) is 22.1. The highest BCUT2D eigenvalue weighted by molar-refractivity contribution is 6.06. The fraction of sp³-hybridized carbons (Fsp3) is 0.422. The van der Waals surface area contributed by atoms with Gasteiger partial charge in [0.25, 0.3) is 5.91 Å². The molecule has 0 saturated carbocycles. The predicted molar refractivity (Wildman–Crippen MR) is 229 cm³/mol. The number of alkyl halides is 1. The van der Waals surface area contributed by atoms with Crippen molar-refractivity contribution in [1.29, 1.82) is 0 Å². The van der Waals surface area contributed by atoms with Gasteiger partial charge >= 0.3 is 6.03 Å². The number of nitrogens with zero attached hydrogens (tertiary/aromatic N) is 8. The molecule has 4 atom stereocenters. The van der Waals surface area contributed by atoms with Crippen molar-refractivity contribution in [3.05, 3.63) is 89.7 Å². The monoisotopic (exact) mass is 830 g/mol. The molecule has 2 aromatic carbocycles. The SMILES string of the molecule is Cc1cn([C@@H]2CCN(CC3CCN(C(=O)c4ccc(C5CN(c6cc(-c7ccccc7O)nnc6N)C[C@H](C)O5)cc4)CC3)C[C@@H]2F)c2ncc(N3CCC(=O)NC3=O)cc12. The second-order valence-electron chi connectivity index (χ2n) is 16.9. The van der Waals surface area contributed by atoms with E-state index in [1.54, 1.807) is 24.4 Å². The molecular formula is C45H51FN10O5. The number of pyridine rings is 1. The van der Waals surface area contributed by atoms with Crippen molar-refractivity contribution in [2.75, 3.05) is 67.9 Å². The van der Waals surface area contributed by atoms with E-state index in [2.05, 4.69) is 30.3 Å². The maximum absolute atomic E-state index is 16.0. The minimum absolute atomic E-state index is 0.00536. The Hall–Kier alpha value is -6.13. The van der Waals surface area contributed by atoms with Gasteiger partial charge in [-0.05, 0) is 86.6 Å². The molecule has 4 saturated heterocycles. The summed E-state index contributed by atoms with van der Waals surface area (Å²) in [4.78, 5) is 50.2. The third-order valence-corrected chi connectivity index (χ3v) is 12.7. The van der Waals surface area contributed by atoms with Crippen molar-refractivity contribution < 1.29 is 28.6 Å².